The minimum atomic E-state index is 0.113. The normalized spacial score (nSPS) is 22.9. The highest BCUT2D eigenvalue weighted by Crippen LogP contribution is 2.51. The molecule has 0 bridgehead atoms. The quantitative estimate of drug-likeness (QED) is 0.152. The lowest BCUT2D eigenvalue weighted by atomic mass is 9.78. The molecule has 5 aliphatic carbocycles. The molecule has 0 amide bonds. The molecule has 0 N–H and O–H groups in total. The average molecular weight is 801 g/mol. The first kappa shape index (κ1) is 36.5. The summed E-state index contributed by atoms with van der Waals surface area (Å²) in [7, 11) is 0. The van der Waals surface area contributed by atoms with Gasteiger partial charge in [-0.3, -0.25) is 0 Å². The van der Waals surface area contributed by atoms with Crippen molar-refractivity contribution in [2.24, 2.45) is 11.8 Å². The van der Waals surface area contributed by atoms with Gasteiger partial charge in [0.15, 0.2) is 0 Å². The van der Waals surface area contributed by atoms with Crippen LogP contribution in [0.5, 0.6) is 0 Å². The molecule has 4 nitrogen and oxygen atoms in total. The number of fused-ring (bicyclic) bond motifs is 7. The molecule has 1 aromatic heterocycles. The van der Waals surface area contributed by atoms with Gasteiger partial charge in [0, 0.05) is 74.1 Å². The van der Waals surface area contributed by atoms with Crippen molar-refractivity contribution >= 4 is 55.9 Å². The summed E-state index contributed by atoms with van der Waals surface area (Å²) in [6.07, 6.45) is 42.2. The summed E-state index contributed by atoms with van der Waals surface area (Å²) in [5, 5.41) is 2.59. The van der Waals surface area contributed by atoms with Crippen molar-refractivity contribution in [1.82, 2.24) is 4.57 Å². The van der Waals surface area contributed by atoms with Crippen molar-refractivity contribution < 1.29 is 0 Å². The number of para-hydroxylation sites is 3. The van der Waals surface area contributed by atoms with Gasteiger partial charge in [0.2, 0.25) is 0 Å². The third-order valence-electron chi connectivity index (χ3n) is 13.6. The lowest BCUT2D eigenvalue weighted by molar-refractivity contribution is 0.549. The Bertz CT molecular complexity index is 3040. The summed E-state index contributed by atoms with van der Waals surface area (Å²) in [6, 6.07) is 45.5. The van der Waals surface area contributed by atoms with E-state index in [2.05, 4.69) is 244 Å². The second-order valence-corrected chi connectivity index (χ2v) is 17.1. The van der Waals surface area contributed by atoms with Crippen LogP contribution < -0.4 is 14.7 Å². The fourth-order valence-electron chi connectivity index (χ4n) is 10.9. The standard InChI is InChI=1S/C58H48N4/c1-5-19-41(20-6-1)59(45-35-37-57-51(39-45)49-27-13-15-31-55(49)61(57)43-23-9-3-10-24-43)53-33-17-30-48-47(53)29-18-34-54(48)60(42-21-7-2-8-22-42)46-36-38-58-52(40-46)50-28-14-16-32-56(50)62(58)44-25-11-4-12-26-44/h1-11,13-21,23-25,27-40,42,47-49,55H,12,22,26H2. The molecular formula is C58H48N4. The van der Waals surface area contributed by atoms with Crippen LogP contribution in [0, 0.1) is 11.8 Å². The van der Waals surface area contributed by atoms with E-state index in [1.165, 1.54) is 67.2 Å². The molecule has 0 spiro atoms. The Morgan fingerprint density at radius 2 is 1.23 bits per heavy atom. The van der Waals surface area contributed by atoms with Crippen LogP contribution in [0.15, 0.2) is 236 Å². The Kier molecular flexibility index (Phi) is 9.02. The molecule has 62 heavy (non-hydrogen) atoms. The van der Waals surface area contributed by atoms with Crippen LogP contribution in [0.3, 0.4) is 0 Å². The average Bonchev–Trinajstić information content (AvgIpc) is 3.85. The fourth-order valence-corrected chi connectivity index (χ4v) is 10.9. The maximum Gasteiger partial charge on any atom is 0.0629 e. The van der Waals surface area contributed by atoms with Crippen molar-refractivity contribution in [2.75, 3.05) is 14.7 Å². The second-order valence-electron chi connectivity index (χ2n) is 17.1. The Morgan fingerprint density at radius 1 is 0.500 bits per heavy atom. The number of hydrogen-bond acceptors (Lipinski definition) is 3. The van der Waals surface area contributed by atoms with E-state index in [4.69, 9.17) is 0 Å². The lowest BCUT2D eigenvalue weighted by Gasteiger charge is -2.43. The molecule has 12 rings (SSSR count). The van der Waals surface area contributed by atoms with Crippen LogP contribution in [0.2, 0.25) is 0 Å². The molecule has 5 atom stereocenters. The van der Waals surface area contributed by atoms with Crippen LogP contribution in [-0.2, 0) is 0 Å². The van der Waals surface area contributed by atoms with Gasteiger partial charge in [0.25, 0.3) is 0 Å². The van der Waals surface area contributed by atoms with Crippen molar-refractivity contribution in [1.29, 1.82) is 0 Å². The fraction of sp³-hybridized carbons (Fsp3) is 0.138. The Labute approximate surface area is 364 Å². The number of allylic oxidation sites excluding steroid dienone is 14. The number of benzene rings is 5. The maximum absolute atomic E-state index is 2.63. The minimum Gasteiger partial charge on any atom is -0.337 e. The first-order chi connectivity index (χ1) is 30.8. The molecule has 5 aromatic carbocycles. The van der Waals surface area contributed by atoms with Gasteiger partial charge in [-0.05, 0) is 110 Å². The van der Waals surface area contributed by atoms with Crippen molar-refractivity contribution in [3.8, 4) is 0 Å². The van der Waals surface area contributed by atoms with Crippen LogP contribution in [0.1, 0.15) is 30.7 Å². The number of anilines is 5. The van der Waals surface area contributed by atoms with Crippen LogP contribution >= 0.6 is 0 Å². The van der Waals surface area contributed by atoms with Gasteiger partial charge >= 0.3 is 0 Å². The summed E-state index contributed by atoms with van der Waals surface area (Å²) < 4.78 is 2.49. The molecule has 1 aliphatic heterocycles. The van der Waals surface area contributed by atoms with E-state index in [0.717, 1.165) is 24.9 Å². The summed E-state index contributed by atoms with van der Waals surface area (Å²) in [6.45, 7) is 0. The largest absolute Gasteiger partial charge is 0.337 e. The maximum atomic E-state index is 2.63. The monoisotopic (exact) mass is 800 g/mol. The molecule has 0 radical (unpaired) electrons. The van der Waals surface area contributed by atoms with E-state index < -0.39 is 0 Å². The highest BCUT2D eigenvalue weighted by Gasteiger charge is 2.40. The van der Waals surface area contributed by atoms with Crippen LogP contribution in [0.25, 0.3) is 27.5 Å². The summed E-state index contributed by atoms with van der Waals surface area (Å²) in [5.74, 6) is 0.501. The molecule has 6 aliphatic rings. The summed E-state index contributed by atoms with van der Waals surface area (Å²) in [4.78, 5) is 7.66. The minimum absolute atomic E-state index is 0.113. The first-order valence-electron chi connectivity index (χ1n) is 22.3. The molecule has 0 saturated carbocycles. The molecule has 5 unspecified atom stereocenters. The van der Waals surface area contributed by atoms with Gasteiger partial charge in [-0.1, -0.05) is 140 Å². The highest BCUT2D eigenvalue weighted by atomic mass is 15.2. The van der Waals surface area contributed by atoms with E-state index in [1.54, 1.807) is 0 Å². The van der Waals surface area contributed by atoms with Gasteiger partial charge in [0.05, 0.1) is 23.1 Å². The Hall–Kier alpha value is -7.30. The molecule has 0 fully saturated rings. The SMILES string of the molecule is C1=CCCC(n2c3ccccc3c3cc(N(C4=CC=CC5C(N(c6ccccc6)c6ccc7c(c6)C6C=CC=CC6N7c6ccccc6)=CC=CC45)C4C=CC=CC4)ccc32)=C1. The van der Waals surface area contributed by atoms with Crippen molar-refractivity contribution in [3.05, 3.63) is 242 Å². The zero-order valence-electron chi connectivity index (χ0n) is 34.7. The predicted molar refractivity (Wildman–Crippen MR) is 261 cm³/mol. The lowest BCUT2D eigenvalue weighted by Crippen LogP contribution is -2.40. The third-order valence-corrected chi connectivity index (χ3v) is 13.6. The van der Waals surface area contributed by atoms with Gasteiger partial charge in [-0.2, -0.15) is 0 Å². The summed E-state index contributed by atoms with van der Waals surface area (Å²) >= 11 is 0. The molecule has 4 heteroatoms. The first-order valence-corrected chi connectivity index (χ1v) is 22.3. The predicted octanol–water partition coefficient (Wildman–Crippen LogP) is 14.4. The van der Waals surface area contributed by atoms with Gasteiger partial charge in [-0.15, -0.1) is 0 Å². The van der Waals surface area contributed by atoms with E-state index in [1.807, 2.05) is 0 Å². The Balaban J connectivity index is 0.951. The van der Waals surface area contributed by atoms with E-state index in [-0.39, 0.29) is 29.8 Å². The van der Waals surface area contributed by atoms with Crippen molar-refractivity contribution in [2.45, 2.75) is 37.3 Å². The van der Waals surface area contributed by atoms with Gasteiger partial charge in [0.1, 0.15) is 0 Å². The molecule has 300 valence electrons. The highest BCUT2D eigenvalue weighted by molar-refractivity contribution is 6.11. The molecule has 2 heterocycles. The van der Waals surface area contributed by atoms with E-state index >= 15 is 0 Å². The molecule has 6 aromatic rings. The third kappa shape index (κ3) is 6.04. The van der Waals surface area contributed by atoms with Crippen LogP contribution in [-0.4, -0.2) is 16.7 Å². The second kappa shape index (κ2) is 15.3. The van der Waals surface area contributed by atoms with Gasteiger partial charge < -0.3 is 19.3 Å². The van der Waals surface area contributed by atoms with E-state index in [0.29, 0.717) is 0 Å². The summed E-state index contributed by atoms with van der Waals surface area (Å²) in [5.41, 5.74) is 13.9. The smallest absolute Gasteiger partial charge is 0.0629 e. The number of rotatable bonds is 8. The topological polar surface area (TPSA) is 14.7 Å². The molecular weight excluding hydrogens is 753 g/mol. The number of hydrogen-bond donors (Lipinski definition) is 0. The van der Waals surface area contributed by atoms with Crippen molar-refractivity contribution in [3.63, 3.8) is 0 Å². The van der Waals surface area contributed by atoms with Gasteiger partial charge in [-0.25, -0.2) is 0 Å². The molecule has 0 saturated heterocycles. The van der Waals surface area contributed by atoms with Crippen LogP contribution in [0.4, 0.5) is 28.4 Å². The Morgan fingerprint density at radius 3 is 2.05 bits per heavy atom. The van der Waals surface area contributed by atoms with E-state index in [9.17, 15) is 0 Å². The zero-order valence-corrected chi connectivity index (χ0v) is 34.7. The zero-order chi connectivity index (χ0) is 41.0. The number of nitrogens with zero attached hydrogens (tertiary/aromatic N) is 4. The number of aromatic nitrogens is 1.